The Morgan fingerprint density at radius 3 is 2.87 bits per heavy atom. The van der Waals surface area contributed by atoms with Crippen LogP contribution in [0.1, 0.15) is 5.69 Å². The van der Waals surface area contributed by atoms with Crippen LogP contribution < -0.4 is 0 Å². The van der Waals surface area contributed by atoms with Crippen molar-refractivity contribution >= 4 is 0 Å². The number of hydrogen-bond donors (Lipinski definition) is 0. The molecule has 0 aliphatic rings. The molecule has 3 nitrogen and oxygen atoms in total. The number of nitriles is 1. The van der Waals surface area contributed by atoms with E-state index in [2.05, 4.69) is 11.2 Å². The predicted octanol–water partition coefficient (Wildman–Crippen LogP) is 1.68. The molecule has 1 aromatic carbocycles. The predicted molar refractivity (Wildman–Crippen MR) is 47.1 cm³/mol. The molecule has 0 N–H and O–H groups in total. The van der Waals surface area contributed by atoms with Crippen molar-refractivity contribution < 1.29 is 24.5 Å². The van der Waals surface area contributed by atoms with Crippen LogP contribution in [0.25, 0.3) is 5.69 Å². The molecule has 0 bridgehead atoms. The zero-order chi connectivity index (χ0) is 9.97. The molecule has 2 rings (SSSR count). The topological polar surface area (TPSA) is 41.6 Å². The Hall–Kier alpha value is -1.50. The van der Waals surface area contributed by atoms with Crippen molar-refractivity contribution in [3.8, 4) is 11.8 Å². The Morgan fingerprint density at radius 1 is 1.47 bits per heavy atom. The van der Waals surface area contributed by atoms with E-state index in [1.807, 2.05) is 6.07 Å². The molecule has 0 atom stereocenters. The second-order valence-corrected chi connectivity index (χ2v) is 2.62. The fourth-order valence-corrected chi connectivity index (χ4v) is 1.09. The van der Waals surface area contributed by atoms with Gasteiger partial charge >= 0.3 is 0 Å². The van der Waals surface area contributed by atoms with Crippen molar-refractivity contribution in [2.24, 2.45) is 0 Å². The third-order valence-electron chi connectivity index (χ3n) is 1.72. The van der Waals surface area contributed by atoms with Crippen molar-refractivity contribution in [3.63, 3.8) is 0 Å². The van der Waals surface area contributed by atoms with E-state index in [9.17, 15) is 4.39 Å². The molecule has 0 fully saturated rings. The van der Waals surface area contributed by atoms with Gasteiger partial charge in [0.15, 0.2) is 5.69 Å². The van der Waals surface area contributed by atoms with Gasteiger partial charge in [-0.1, -0.05) is 0 Å². The van der Waals surface area contributed by atoms with Crippen LogP contribution in [0.15, 0.2) is 30.5 Å². The van der Waals surface area contributed by atoms with Crippen molar-refractivity contribution in [1.82, 2.24) is 9.78 Å². The fraction of sp³-hybridized carbons (Fsp3) is 0. The van der Waals surface area contributed by atoms with Gasteiger partial charge in [0.1, 0.15) is 6.07 Å². The fourth-order valence-electron chi connectivity index (χ4n) is 1.09. The Bertz CT molecular complexity index is 501. The number of hydrogen-bond acceptors (Lipinski definition) is 2. The average molecular weight is 378 g/mol. The van der Waals surface area contributed by atoms with Gasteiger partial charge < -0.3 is 0 Å². The number of aromatic nitrogens is 2. The summed E-state index contributed by atoms with van der Waals surface area (Å²) in [5.74, 6) is -0.417. The molecule has 0 saturated carbocycles. The summed E-state index contributed by atoms with van der Waals surface area (Å²) in [5, 5.41) is 12.4. The molecule has 0 spiro atoms. The van der Waals surface area contributed by atoms with Gasteiger partial charge in [-0.2, -0.15) is 28.6 Å². The minimum atomic E-state index is -0.417. The van der Waals surface area contributed by atoms with E-state index in [1.54, 1.807) is 12.1 Å². The molecule has 5 heteroatoms. The van der Waals surface area contributed by atoms with Crippen LogP contribution in [0.3, 0.4) is 0 Å². The molecule has 1 radical (unpaired) electrons. The summed E-state index contributed by atoms with van der Waals surface area (Å²) in [6, 6.07) is 10.5. The number of rotatable bonds is 1. The molecule has 0 amide bonds. The first-order chi connectivity index (χ1) is 6.81. The maximum atomic E-state index is 13.2. The van der Waals surface area contributed by atoms with E-state index in [0.29, 0.717) is 0 Å². The summed E-state index contributed by atoms with van der Waals surface area (Å²) in [6.07, 6.45) is 1.52. The van der Waals surface area contributed by atoms with E-state index in [0.717, 1.165) is 0 Å². The Balaban J connectivity index is 0.00000112. The molecule has 0 aliphatic heterocycles. The molecule has 0 unspecified atom stereocenters. The molecule has 77 valence electrons. The van der Waals surface area contributed by atoms with Crippen molar-refractivity contribution in [2.75, 3.05) is 0 Å². The maximum Gasteiger partial charge on any atom is 0.162 e. The Morgan fingerprint density at radius 2 is 2.27 bits per heavy atom. The first-order valence-corrected chi connectivity index (χ1v) is 3.93. The monoisotopic (exact) mass is 379 g/mol. The summed E-state index contributed by atoms with van der Waals surface area (Å²) < 4.78 is 14.5. The summed E-state index contributed by atoms with van der Waals surface area (Å²) >= 11 is 0. The molecule has 15 heavy (non-hydrogen) atoms. The van der Waals surface area contributed by atoms with Gasteiger partial charge in [-0.15, -0.1) is 6.07 Å². The van der Waals surface area contributed by atoms with Crippen LogP contribution >= 0.6 is 0 Å². The van der Waals surface area contributed by atoms with Gasteiger partial charge in [-0.25, -0.2) is 0 Å². The minimum Gasteiger partial charge on any atom is -0.282 e. The second-order valence-electron chi connectivity index (χ2n) is 2.62. The Kier molecular flexibility index (Phi) is 3.73. The van der Waals surface area contributed by atoms with Gasteiger partial charge in [0.25, 0.3) is 0 Å². The van der Waals surface area contributed by atoms with Crippen LogP contribution in [0.5, 0.6) is 0 Å². The quantitative estimate of drug-likeness (QED) is 0.709. The van der Waals surface area contributed by atoms with Crippen LogP contribution in [-0.2, 0) is 20.1 Å². The largest absolute Gasteiger partial charge is 0.282 e. The smallest absolute Gasteiger partial charge is 0.162 e. The van der Waals surface area contributed by atoms with E-state index in [-0.39, 0.29) is 31.5 Å². The van der Waals surface area contributed by atoms with Crippen LogP contribution in [0.4, 0.5) is 4.39 Å². The molecular formula is C10H5FIrN3-. The molecule has 1 aromatic heterocycles. The number of nitrogens with zero attached hydrogens (tertiary/aromatic N) is 3. The van der Waals surface area contributed by atoms with Gasteiger partial charge in [-0.3, -0.25) is 9.07 Å². The van der Waals surface area contributed by atoms with Crippen LogP contribution in [0.2, 0.25) is 0 Å². The molecule has 1 heterocycles. The van der Waals surface area contributed by atoms with E-state index < -0.39 is 5.82 Å². The standard InChI is InChI=1S/C10H5FN3.Ir/c11-9-3-1-2-4-10(9)14-6-5-8(7-12)13-14;/h1-3,5-6H;/q-1;. The Labute approximate surface area is 99.5 Å². The molecular weight excluding hydrogens is 373 g/mol. The normalized spacial score (nSPS) is 9.07. The van der Waals surface area contributed by atoms with Crippen LogP contribution in [0, 0.1) is 23.2 Å². The number of halogens is 1. The van der Waals surface area contributed by atoms with Crippen molar-refractivity contribution in [3.05, 3.63) is 48.0 Å². The first-order valence-electron chi connectivity index (χ1n) is 3.93. The van der Waals surface area contributed by atoms with Crippen molar-refractivity contribution in [2.45, 2.75) is 0 Å². The van der Waals surface area contributed by atoms with E-state index >= 15 is 0 Å². The van der Waals surface area contributed by atoms with Gasteiger partial charge in [-0.05, 0) is 11.8 Å². The van der Waals surface area contributed by atoms with E-state index in [1.165, 1.54) is 23.0 Å². The SMILES string of the molecule is N#Cc1ccn(-c2[c-]cccc2F)n1.[Ir]. The number of benzene rings is 1. The van der Waals surface area contributed by atoms with Gasteiger partial charge in [0, 0.05) is 32.1 Å². The second kappa shape index (κ2) is 4.83. The molecule has 2 aromatic rings. The van der Waals surface area contributed by atoms with Gasteiger partial charge in [0.2, 0.25) is 0 Å². The summed E-state index contributed by atoms with van der Waals surface area (Å²) in [7, 11) is 0. The summed E-state index contributed by atoms with van der Waals surface area (Å²) in [6.45, 7) is 0. The third kappa shape index (κ3) is 2.30. The van der Waals surface area contributed by atoms with Crippen molar-refractivity contribution in [1.29, 1.82) is 5.26 Å². The minimum absolute atomic E-state index is 0. The molecule has 0 aliphatic carbocycles. The first kappa shape index (κ1) is 11.6. The molecule has 0 saturated heterocycles. The number of para-hydroxylation sites is 1. The maximum absolute atomic E-state index is 13.2. The third-order valence-corrected chi connectivity index (χ3v) is 1.72. The van der Waals surface area contributed by atoms with E-state index in [4.69, 9.17) is 5.26 Å². The van der Waals surface area contributed by atoms with Gasteiger partial charge in [0.05, 0.1) is 0 Å². The summed E-state index contributed by atoms with van der Waals surface area (Å²) in [5.41, 5.74) is 0.468. The average Bonchev–Trinajstić information content (AvgIpc) is 2.67. The zero-order valence-corrected chi connectivity index (χ0v) is 9.83. The van der Waals surface area contributed by atoms with Crippen LogP contribution in [-0.4, -0.2) is 9.78 Å². The summed E-state index contributed by atoms with van der Waals surface area (Å²) in [4.78, 5) is 0. The zero-order valence-electron chi connectivity index (χ0n) is 7.44.